The molecule has 0 saturated heterocycles. The molecule has 6 heteroatoms. The van der Waals surface area contributed by atoms with Gasteiger partial charge in [0, 0.05) is 26.2 Å². The lowest BCUT2D eigenvalue weighted by molar-refractivity contribution is 0.124. The van der Waals surface area contributed by atoms with E-state index >= 15 is 0 Å². The second-order valence-electron chi connectivity index (χ2n) is 4.26. The van der Waals surface area contributed by atoms with E-state index in [-0.39, 0.29) is 5.82 Å². The molecule has 0 fully saturated rings. The van der Waals surface area contributed by atoms with Crippen LogP contribution in [0.5, 0.6) is 0 Å². The summed E-state index contributed by atoms with van der Waals surface area (Å²) < 4.78 is 26.0. The highest BCUT2D eigenvalue weighted by atomic mass is 79.9. The Kier molecular flexibility index (Phi) is 5.28. The minimum absolute atomic E-state index is 0.263. The quantitative estimate of drug-likeness (QED) is 0.808. The summed E-state index contributed by atoms with van der Waals surface area (Å²) in [7, 11) is 3.28. The van der Waals surface area contributed by atoms with E-state index in [4.69, 9.17) is 9.47 Å². The summed E-state index contributed by atoms with van der Waals surface area (Å²) in [6, 6.07) is 6.26. The Hall–Kier alpha value is -1.24. The zero-order valence-corrected chi connectivity index (χ0v) is 13.0. The van der Waals surface area contributed by atoms with Crippen LogP contribution in [0.2, 0.25) is 0 Å². The summed E-state index contributed by atoms with van der Waals surface area (Å²) in [6.07, 6.45) is 0.680. The molecule has 20 heavy (non-hydrogen) atoms. The fourth-order valence-electron chi connectivity index (χ4n) is 1.91. The third kappa shape index (κ3) is 3.26. The molecule has 2 aromatic rings. The predicted molar refractivity (Wildman–Crippen MR) is 77.9 cm³/mol. The van der Waals surface area contributed by atoms with Crippen LogP contribution in [0.25, 0.3) is 11.3 Å². The molecule has 0 N–H and O–H groups in total. The Bertz CT molecular complexity index is 569. The number of nitrogens with zero attached hydrogens (tertiary/aromatic N) is 2. The minimum atomic E-state index is -0.263. The van der Waals surface area contributed by atoms with E-state index in [1.54, 1.807) is 26.4 Å². The van der Waals surface area contributed by atoms with Crippen molar-refractivity contribution in [1.29, 1.82) is 0 Å². The van der Waals surface area contributed by atoms with E-state index in [0.717, 1.165) is 21.7 Å². The van der Waals surface area contributed by atoms with Gasteiger partial charge in [0.05, 0.1) is 6.61 Å². The lowest BCUT2D eigenvalue weighted by Gasteiger charge is -2.07. The summed E-state index contributed by atoms with van der Waals surface area (Å²) in [4.78, 5) is 4.60. The zero-order chi connectivity index (χ0) is 14.5. The molecule has 1 aromatic heterocycles. The first-order valence-corrected chi connectivity index (χ1v) is 6.95. The second-order valence-corrected chi connectivity index (χ2v) is 5.01. The third-order valence-electron chi connectivity index (χ3n) is 2.89. The number of rotatable bonds is 6. The molecular weight excluding hydrogens is 327 g/mol. The molecule has 1 aromatic carbocycles. The molecular formula is C14H16BrFN2O2. The maximum absolute atomic E-state index is 13.0. The SMILES string of the molecule is COCCc1nc(-c2ccc(F)cc2)c(Br)n1COC. The van der Waals surface area contributed by atoms with E-state index in [1.807, 2.05) is 4.57 Å². The van der Waals surface area contributed by atoms with Gasteiger partial charge in [-0.3, -0.25) is 4.57 Å². The minimum Gasteiger partial charge on any atom is -0.384 e. The number of imidazole rings is 1. The maximum atomic E-state index is 13.0. The topological polar surface area (TPSA) is 36.3 Å². The molecule has 0 atom stereocenters. The van der Waals surface area contributed by atoms with Crippen LogP contribution in [-0.4, -0.2) is 30.4 Å². The van der Waals surface area contributed by atoms with E-state index in [2.05, 4.69) is 20.9 Å². The molecule has 0 aliphatic heterocycles. The number of ether oxygens (including phenoxy) is 2. The molecule has 0 aliphatic carbocycles. The average Bonchev–Trinajstić information content (AvgIpc) is 2.75. The lowest BCUT2D eigenvalue weighted by Crippen LogP contribution is -2.08. The maximum Gasteiger partial charge on any atom is 0.124 e. The first-order chi connectivity index (χ1) is 9.67. The van der Waals surface area contributed by atoms with E-state index < -0.39 is 0 Å². The lowest BCUT2D eigenvalue weighted by atomic mass is 10.2. The first-order valence-electron chi connectivity index (χ1n) is 6.16. The van der Waals surface area contributed by atoms with Gasteiger partial charge >= 0.3 is 0 Å². The molecule has 2 rings (SSSR count). The van der Waals surface area contributed by atoms with Gasteiger partial charge < -0.3 is 9.47 Å². The van der Waals surface area contributed by atoms with Crippen LogP contribution in [0.3, 0.4) is 0 Å². The number of hydrogen-bond acceptors (Lipinski definition) is 3. The van der Waals surface area contributed by atoms with Crippen molar-refractivity contribution in [2.24, 2.45) is 0 Å². The van der Waals surface area contributed by atoms with Crippen LogP contribution in [-0.2, 0) is 22.6 Å². The highest BCUT2D eigenvalue weighted by molar-refractivity contribution is 9.10. The molecule has 4 nitrogen and oxygen atoms in total. The van der Waals surface area contributed by atoms with E-state index in [1.165, 1.54) is 12.1 Å². The molecule has 0 unspecified atom stereocenters. The van der Waals surface area contributed by atoms with Crippen molar-refractivity contribution in [2.75, 3.05) is 20.8 Å². The van der Waals surface area contributed by atoms with Crippen LogP contribution in [0.4, 0.5) is 4.39 Å². The Balaban J connectivity index is 2.40. The third-order valence-corrected chi connectivity index (χ3v) is 3.69. The van der Waals surface area contributed by atoms with E-state index in [9.17, 15) is 4.39 Å². The van der Waals surface area contributed by atoms with Crippen molar-refractivity contribution in [1.82, 2.24) is 9.55 Å². The van der Waals surface area contributed by atoms with Crippen molar-refractivity contribution in [2.45, 2.75) is 13.2 Å². The monoisotopic (exact) mass is 342 g/mol. The number of benzene rings is 1. The van der Waals surface area contributed by atoms with E-state index in [0.29, 0.717) is 19.8 Å². The fourth-order valence-corrected chi connectivity index (χ4v) is 2.54. The van der Waals surface area contributed by atoms with Crippen LogP contribution in [0.15, 0.2) is 28.9 Å². The van der Waals surface area contributed by atoms with Gasteiger partial charge in [0.2, 0.25) is 0 Å². The van der Waals surface area contributed by atoms with Crippen LogP contribution >= 0.6 is 15.9 Å². The molecule has 1 heterocycles. The average molecular weight is 343 g/mol. The van der Waals surface area contributed by atoms with Crippen molar-refractivity contribution in [3.63, 3.8) is 0 Å². The molecule has 0 amide bonds. The van der Waals surface area contributed by atoms with Gasteiger partial charge in [-0.15, -0.1) is 0 Å². The fraction of sp³-hybridized carbons (Fsp3) is 0.357. The molecule has 0 spiro atoms. The number of hydrogen-bond donors (Lipinski definition) is 0. The van der Waals surface area contributed by atoms with Gasteiger partial charge in [-0.2, -0.15) is 0 Å². The largest absolute Gasteiger partial charge is 0.384 e. The summed E-state index contributed by atoms with van der Waals surface area (Å²) in [5, 5.41) is 0. The molecule has 0 radical (unpaired) electrons. The Labute approximate surface area is 125 Å². The van der Waals surface area contributed by atoms with Gasteiger partial charge in [0.25, 0.3) is 0 Å². The van der Waals surface area contributed by atoms with Crippen LogP contribution < -0.4 is 0 Å². The molecule has 0 bridgehead atoms. The van der Waals surface area contributed by atoms with Crippen molar-refractivity contribution in [3.05, 3.63) is 40.5 Å². The van der Waals surface area contributed by atoms with Gasteiger partial charge in [-0.25, -0.2) is 9.37 Å². The van der Waals surface area contributed by atoms with Crippen LogP contribution in [0.1, 0.15) is 5.82 Å². The van der Waals surface area contributed by atoms with Crippen molar-refractivity contribution in [3.8, 4) is 11.3 Å². The molecule has 108 valence electrons. The highest BCUT2D eigenvalue weighted by Gasteiger charge is 2.16. The van der Waals surface area contributed by atoms with Gasteiger partial charge in [-0.1, -0.05) is 0 Å². The number of aromatic nitrogens is 2. The standard InChI is InChI=1S/C14H16BrFN2O2/c1-19-8-7-12-17-13(14(15)18(12)9-20-2)10-3-5-11(16)6-4-10/h3-6H,7-9H2,1-2H3. The van der Waals surface area contributed by atoms with Crippen molar-refractivity contribution < 1.29 is 13.9 Å². The Morgan fingerprint density at radius 2 is 1.90 bits per heavy atom. The van der Waals surface area contributed by atoms with Crippen LogP contribution in [0, 0.1) is 5.82 Å². The Morgan fingerprint density at radius 3 is 2.50 bits per heavy atom. The number of halogens is 2. The summed E-state index contributed by atoms with van der Waals surface area (Å²) >= 11 is 3.54. The summed E-state index contributed by atoms with van der Waals surface area (Å²) in [5.74, 6) is 0.598. The smallest absolute Gasteiger partial charge is 0.124 e. The normalized spacial score (nSPS) is 11.0. The zero-order valence-electron chi connectivity index (χ0n) is 11.4. The highest BCUT2D eigenvalue weighted by Crippen LogP contribution is 2.29. The summed E-state index contributed by atoms with van der Waals surface area (Å²) in [5.41, 5.74) is 1.62. The first kappa shape index (κ1) is 15.2. The van der Waals surface area contributed by atoms with Gasteiger partial charge in [-0.05, 0) is 40.2 Å². The van der Waals surface area contributed by atoms with Gasteiger partial charge in [0.1, 0.15) is 28.7 Å². The Morgan fingerprint density at radius 1 is 1.20 bits per heavy atom. The molecule has 0 aliphatic rings. The van der Waals surface area contributed by atoms with Crippen molar-refractivity contribution >= 4 is 15.9 Å². The predicted octanol–water partition coefficient (Wildman–Crippen LogP) is 3.24. The molecule has 0 saturated carbocycles. The number of methoxy groups -OCH3 is 2. The second kappa shape index (κ2) is 6.97. The van der Waals surface area contributed by atoms with Gasteiger partial charge in [0.15, 0.2) is 0 Å². The summed E-state index contributed by atoms with van der Waals surface area (Å²) in [6.45, 7) is 0.976.